The molecule has 1 aromatic rings. The van der Waals surface area contributed by atoms with E-state index in [4.69, 9.17) is 0 Å². The van der Waals surface area contributed by atoms with E-state index in [1.165, 1.54) is 12.1 Å². The first-order chi connectivity index (χ1) is 12.8. The highest BCUT2D eigenvalue weighted by Gasteiger charge is 2.46. The van der Waals surface area contributed by atoms with E-state index in [0.717, 1.165) is 18.7 Å². The van der Waals surface area contributed by atoms with Gasteiger partial charge >= 0.3 is 6.03 Å². The molecule has 0 radical (unpaired) electrons. The maximum absolute atomic E-state index is 13.2. The van der Waals surface area contributed by atoms with Gasteiger partial charge in [0.15, 0.2) is 0 Å². The van der Waals surface area contributed by atoms with Gasteiger partial charge in [-0.25, -0.2) is 9.18 Å². The molecule has 7 heteroatoms. The van der Waals surface area contributed by atoms with Crippen LogP contribution in [0.1, 0.15) is 18.9 Å². The van der Waals surface area contributed by atoms with Crippen LogP contribution in [0, 0.1) is 11.2 Å². The smallest absolute Gasteiger partial charge is 0.319 e. The van der Waals surface area contributed by atoms with Crippen molar-refractivity contribution in [3.05, 3.63) is 35.6 Å². The fourth-order valence-corrected chi connectivity index (χ4v) is 4.26. The molecule has 6 nitrogen and oxygen atoms in total. The molecule has 0 saturated carbocycles. The fourth-order valence-electron chi connectivity index (χ4n) is 4.26. The molecule has 1 spiro atoms. The van der Waals surface area contributed by atoms with Crippen LogP contribution in [0.5, 0.6) is 0 Å². The third-order valence-electron chi connectivity index (χ3n) is 5.53. The molecule has 2 aliphatic rings. The molecule has 1 unspecified atom stereocenters. The zero-order valence-corrected chi connectivity index (χ0v) is 16.4. The zero-order chi connectivity index (χ0) is 19.6. The number of carbonyl (C=O) groups excluding carboxylic acids is 2. The van der Waals surface area contributed by atoms with Crippen LogP contribution in [0.25, 0.3) is 0 Å². The lowest BCUT2D eigenvalue weighted by Gasteiger charge is -2.34. The van der Waals surface area contributed by atoms with Crippen molar-refractivity contribution in [2.24, 2.45) is 5.41 Å². The first kappa shape index (κ1) is 19.6. The van der Waals surface area contributed by atoms with Gasteiger partial charge in [0.05, 0.1) is 0 Å². The largest absolute Gasteiger partial charge is 0.342 e. The van der Waals surface area contributed by atoms with E-state index < -0.39 is 0 Å². The summed E-state index contributed by atoms with van der Waals surface area (Å²) in [6.45, 7) is 6.76. The second kappa shape index (κ2) is 7.84. The van der Waals surface area contributed by atoms with E-state index >= 15 is 0 Å². The highest BCUT2D eigenvalue weighted by molar-refractivity contribution is 5.80. The van der Waals surface area contributed by atoms with Gasteiger partial charge in [0.1, 0.15) is 5.82 Å². The van der Waals surface area contributed by atoms with E-state index in [9.17, 15) is 14.0 Å². The fraction of sp³-hybridized carbons (Fsp3) is 0.600. The number of urea groups is 1. The summed E-state index contributed by atoms with van der Waals surface area (Å²) in [5.41, 5.74) is 0.783. The molecule has 1 aromatic carbocycles. The van der Waals surface area contributed by atoms with Crippen molar-refractivity contribution in [1.29, 1.82) is 0 Å². The van der Waals surface area contributed by atoms with E-state index in [-0.39, 0.29) is 23.2 Å². The van der Waals surface area contributed by atoms with Gasteiger partial charge in [0, 0.05) is 71.7 Å². The van der Waals surface area contributed by atoms with Gasteiger partial charge in [0.2, 0.25) is 5.91 Å². The third kappa shape index (κ3) is 4.40. The van der Waals surface area contributed by atoms with Gasteiger partial charge in [-0.2, -0.15) is 0 Å². The van der Waals surface area contributed by atoms with Crippen molar-refractivity contribution < 1.29 is 14.0 Å². The van der Waals surface area contributed by atoms with E-state index in [2.05, 4.69) is 4.90 Å². The van der Waals surface area contributed by atoms with E-state index in [1.54, 1.807) is 31.1 Å². The Balaban J connectivity index is 1.82. The van der Waals surface area contributed by atoms with Crippen molar-refractivity contribution in [3.8, 4) is 0 Å². The summed E-state index contributed by atoms with van der Waals surface area (Å²) in [4.78, 5) is 32.7. The maximum atomic E-state index is 13.2. The minimum absolute atomic E-state index is 0.0135. The minimum atomic E-state index is -0.255. The Bertz CT molecular complexity index is 694. The number of hydrogen-bond donors (Lipinski definition) is 0. The third-order valence-corrected chi connectivity index (χ3v) is 5.53. The van der Waals surface area contributed by atoms with Crippen molar-refractivity contribution in [3.63, 3.8) is 0 Å². The Kier molecular flexibility index (Phi) is 5.69. The van der Waals surface area contributed by atoms with Crippen LogP contribution >= 0.6 is 0 Å². The molecule has 1 atom stereocenters. The molecule has 2 saturated heterocycles. The molecule has 27 heavy (non-hydrogen) atoms. The number of likely N-dealkylation sites (tertiary alicyclic amines) is 1. The molecule has 2 heterocycles. The molecule has 0 aliphatic carbocycles. The van der Waals surface area contributed by atoms with E-state index in [1.807, 2.05) is 16.7 Å². The first-order valence-electron chi connectivity index (χ1n) is 9.53. The Labute approximate surface area is 160 Å². The number of nitrogens with zero attached hydrogens (tertiary/aromatic N) is 4. The van der Waals surface area contributed by atoms with Crippen LogP contribution in [0.3, 0.4) is 0 Å². The molecule has 3 amide bonds. The second-order valence-electron chi connectivity index (χ2n) is 8.02. The Hall–Kier alpha value is -2.15. The monoisotopic (exact) mass is 376 g/mol. The van der Waals surface area contributed by atoms with Crippen LogP contribution in [-0.2, 0) is 11.3 Å². The summed E-state index contributed by atoms with van der Waals surface area (Å²) in [5, 5.41) is 0. The number of amides is 3. The molecule has 2 fully saturated rings. The quantitative estimate of drug-likeness (QED) is 0.809. The summed E-state index contributed by atoms with van der Waals surface area (Å²) in [5.74, 6) is -0.0767. The molecule has 3 rings (SSSR count). The molecular formula is C20H29FN4O2. The van der Waals surface area contributed by atoms with Gasteiger partial charge < -0.3 is 14.7 Å². The Morgan fingerprint density at radius 2 is 1.85 bits per heavy atom. The lowest BCUT2D eigenvalue weighted by atomic mass is 9.86. The molecule has 2 aliphatic heterocycles. The average Bonchev–Trinajstić information content (AvgIpc) is 2.83. The summed E-state index contributed by atoms with van der Waals surface area (Å²) in [6, 6.07) is 6.54. The van der Waals surface area contributed by atoms with Gasteiger partial charge in [-0.15, -0.1) is 0 Å². The van der Waals surface area contributed by atoms with Gasteiger partial charge in [-0.3, -0.25) is 9.69 Å². The van der Waals surface area contributed by atoms with Gasteiger partial charge in [0.25, 0.3) is 0 Å². The van der Waals surface area contributed by atoms with Crippen LogP contribution < -0.4 is 0 Å². The lowest BCUT2D eigenvalue weighted by Crippen LogP contribution is -2.47. The van der Waals surface area contributed by atoms with Crippen molar-refractivity contribution >= 4 is 11.9 Å². The number of rotatable bonds is 3. The lowest BCUT2D eigenvalue weighted by molar-refractivity contribution is -0.127. The van der Waals surface area contributed by atoms with Crippen LogP contribution in [0.15, 0.2) is 24.3 Å². The van der Waals surface area contributed by atoms with Crippen molar-refractivity contribution in [2.75, 3.05) is 53.4 Å². The number of benzene rings is 1. The standard InChI is InChI=1S/C20H29FN4O2/c1-4-24-14-20(11-18(24)26)13-23(12-16-5-7-17(21)8-6-16)9-10-25(15-20)19(27)22(2)3/h5-8H,4,9-15H2,1-3H3. The van der Waals surface area contributed by atoms with E-state index in [0.29, 0.717) is 39.1 Å². The molecule has 0 aromatic heterocycles. The Morgan fingerprint density at radius 1 is 1.15 bits per heavy atom. The predicted octanol–water partition coefficient (Wildman–Crippen LogP) is 1.86. The van der Waals surface area contributed by atoms with Gasteiger partial charge in [-0.1, -0.05) is 12.1 Å². The minimum Gasteiger partial charge on any atom is -0.342 e. The molecule has 0 N–H and O–H groups in total. The summed E-state index contributed by atoms with van der Waals surface area (Å²) < 4.78 is 13.2. The second-order valence-corrected chi connectivity index (χ2v) is 8.02. The summed E-state index contributed by atoms with van der Waals surface area (Å²) >= 11 is 0. The van der Waals surface area contributed by atoms with Crippen molar-refractivity contribution in [2.45, 2.75) is 19.9 Å². The normalized spacial score (nSPS) is 23.8. The predicted molar refractivity (Wildman–Crippen MR) is 102 cm³/mol. The molecule has 0 bridgehead atoms. The van der Waals surface area contributed by atoms with Crippen LogP contribution in [-0.4, -0.2) is 84.9 Å². The number of hydrogen-bond acceptors (Lipinski definition) is 3. The summed E-state index contributed by atoms with van der Waals surface area (Å²) in [7, 11) is 3.52. The van der Waals surface area contributed by atoms with Crippen LogP contribution in [0.2, 0.25) is 0 Å². The number of carbonyl (C=O) groups is 2. The van der Waals surface area contributed by atoms with Crippen molar-refractivity contribution in [1.82, 2.24) is 19.6 Å². The number of halogens is 1. The highest BCUT2D eigenvalue weighted by Crippen LogP contribution is 2.35. The van der Waals surface area contributed by atoms with Gasteiger partial charge in [-0.05, 0) is 24.6 Å². The summed E-state index contributed by atoms with van der Waals surface area (Å²) in [6.07, 6.45) is 0.470. The van der Waals surface area contributed by atoms with Crippen LogP contribution in [0.4, 0.5) is 9.18 Å². The highest BCUT2D eigenvalue weighted by atomic mass is 19.1. The molecular weight excluding hydrogens is 347 g/mol. The Morgan fingerprint density at radius 3 is 2.44 bits per heavy atom. The first-order valence-corrected chi connectivity index (χ1v) is 9.53. The zero-order valence-electron chi connectivity index (χ0n) is 16.4. The maximum Gasteiger partial charge on any atom is 0.319 e. The average molecular weight is 376 g/mol. The molecule has 148 valence electrons. The topological polar surface area (TPSA) is 47.1 Å². The SMILES string of the molecule is CCN1CC2(CC1=O)CN(Cc1ccc(F)cc1)CCN(C(=O)N(C)C)C2.